The molecule has 0 atom stereocenters. The molecule has 11 nitrogen and oxygen atoms in total. The maximum Gasteiger partial charge on any atom is 0.330 e. The van der Waals surface area contributed by atoms with Crippen LogP contribution in [0.4, 0.5) is 11.5 Å². The first-order chi connectivity index (χ1) is 16.9. The number of carbonyl (C=O) groups is 1. The van der Waals surface area contributed by atoms with E-state index in [0.717, 1.165) is 62.6 Å². The molecule has 0 saturated carbocycles. The van der Waals surface area contributed by atoms with Crippen LogP contribution in [0.3, 0.4) is 0 Å². The van der Waals surface area contributed by atoms with Crippen LogP contribution in [0.1, 0.15) is 32.3 Å². The summed E-state index contributed by atoms with van der Waals surface area (Å²) in [4.78, 5) is 46.1. The summed E-state index contributed by atoms with van der Waals surface area (Å²) in [5.41, 5.74) is 6.23. The highest BCUT2D eigenvalue weighted by Gasteiger charge is 2.26. The topological polar surface area (TPSA) is 126 Å². The van der Waals surface area contributed by atoms with Crippen molar-refractivity contribution in [1.82, 2.24) is 19.4 Å². The van der Waals surface area contributed by atoms with E-state index in [1.165, 1.54) is 9.47 Å². The van der Waals surface area contributed by atoms with Crippen molar-refractivity contribution in [2.45, 2.75) is 39.8 Å². The third kappa shape index (κ3) is 5.51. The fourth-order valence-electron chi connectivity index (χ4n) is 4.52. The summed E-state index contributed by atoms with van der Waals surface area (Å²) in [5.74, 6) is 1.38. The van der Waals surface area contributed by atoms with Crippen LogP contribution in [0.5, 0.6) is 11.5 Å². The standard InChI is InChI=1S/C24H34N6O5/c1-3-5-8-30-22(25)21(23(32)26-24(30)33)29(4-2)20(31)15-28-11-9-27(10-12-28)14-17-6-7-18-19(13-17)35-16-34-18/h6-7,13H,3-5,8-12,14-16,25H2,1-2H3,(H,26,32,33). The first-order valence-electron chi connectivity index (χ1n) is 12.2. The number of amides is 1. The second-order valence-corrected chi connectivity index (χ2v) is 8.88. The minimum atomic E-state index is -0.635. The van der Waals surface area contributed by atoms with Crippen LogP contribution >= 0.6 is 0 Å². The fraction of sp³-hybridized carbons (Fsp3) is 0.542. The molecule has 1 fully saturated rings. The average Bonchev–Trinajstić information content (AvgIpc) is 3.30. The molecule has 1 amide bonds. The van der Waals surface area contributed by atoms with E-state index in [1.807, 2.05) is 25.1 Å². The number of unbranched alkanes of at least 4 members (excludes halogenated alkanes) is 1. The molecule has 0 spiro atoms. The molecule has 0 radical (unpaired) electrons. The summed E-state index contributed by atoms with van der Waals surface area (Å²) in [6.07, 6.45) is 1.61. The zero-order valence-corrected chi connectivity index (χ0v) is 20.4. The highest BCUT2D eigenvalue weighted by Crippen LogP contribution is 2.32. The summed E-state index contributed by atoms with van der Waals surface area (Å²) in [7, 11) is 0. The van der Waals surface area contributed by atoms with Gasteiger partial charge in [-0.1, -0.05) is 19.4 Å². The number of piperazine rings is 1. The number of aromatic nitrogens is 2. The van der Waals surface area contributed by atoms with Crippen LogP contribution in [0.15, 0.2) is 27.8 Å². The zero-order chi connectivity index (χ0) is 24.9. The minimum Gasteiger partial charge on any atom is -0.454 e. The average molecular weight is 487 g/mol. The normalized spacial score (nSPS) is 15.9. The predicted molar refractivity (Wildman–Crippen MR) is 133 cm³/mol. The Morgan fingerprint density at radius 2 is 1.80 bits per heavy atom. The van der Waals surface area contributed by atoms with Crippen molar-refractivity contribution >= 4 is 17.4 Å². The van der Waals surface area contributed by atoms with Gasteiger partial charge in [0.25, 0.3) is 5.56 Å². The van der Waals surface area contributed by atoms with Crippen LogP contribution in [-0.2, 0) is 17.9 Å². The molecule has 35 heavy (non-hydrogen) atoms. The van der Waals surface area contributed by atoms with Crippen LogP contribution in [0, 0.1) is 0 Å². The number of rotatable bonds is 9. The molecule has 0 bridgehead atoms. The van der Waals surface area contributed by atoms with Gasteiger partial charge in [0, 0.05) is 45.8 Å². The molecule has 4 rings (SSSR count). The van der Waals surface area contributed by atoms with E-state index in [0.29, 0.717) is 6.54 Å². The van der Waals surface area contributed by atoms with Gasteiger partial charge in [0.2, 0.25) is 12.7 Å². The third-order valence-corrected chi connectivity index (χ3v) is 6.50. The lowest BCUT2D eigenvalue weighted by Gasteiger charge is -2.35. The summed E-state index contributed by atoms with van der Waals surface area (Å²) >= 11 is 0. The molecular weight excluding hydrogens is 452 g/mol. The highest BCUT2D eigenvalue weighted by molar-refractivity contribution is 5.96. The van der Waals surface area contributed by atoms with Gasteiger partial charge in [0.15, 0.2) is 17.2 Å². The maximum absolute atomic E-state index is 13.2. The smallest absolute Gasteiger partial charge is 0.330 e. The number of carbonyl (C=O) groups excluding carboxylic acids is 1. The van der Waals surface area contributed by atoms with Gasteiger partial charge in [-0.05, 0) is 31.0 Å². The van der Waals surface area contributed by atoms with E-state index in [9.17, 15) is 14.4 Å². The van der Waals surface area contributed by atoms with Crippen LogP contribution in [0.25, 0.3) is 0 Å². The number of H-pyrrole nitrogens is 1. The number of hydrogen-bond donors (Lipinski definition) is 2. The predicted octanol–water partition coefficient (Wildman–Crippen LogP) is 0.818. The van der Waals surface area contributed by atoms with Gasteiger partial charge >= 0.3 is 5.69 Å². The number of nitrogens with two attached hydrogens (primary N) is 1. The number of ether oxygens (including phenoxy) is 2. The van der Waals surface area contributed by atoms with Gasteiger partial charge in [0.1, 0.15) is 5.82 Å². The molecule has 2 aliphatic rings. The second kappa shape index (κ2) is 11.0. The first kappa shape index (κ1) is 24.8. The number of aromatic amines is 1. The molecule has 2 aliphatic heterocycles. The molecule has 0 unspecified atom stereocenters. The molecule has 2 aromatic rings. The Labute approximate surface area is 204 Å². The number of nitrogens with zero attached hydrogens (tertiary/aromatic N) is 4. The van der Waals surface area contributed by atoms with Gasteiger partial charge in [-0.2, -0.15) is 0 Å². The molecule has 1 aromatic heterocycles. The van der Waals surface area contributed by atoms with Crippen molar-refractivity contribution in [3.8, 4) is 11.5 Å². The first-order valence-corrected chi connectivity index (χ1v) is 12.2. The molecule has 1 saturated heterocycles. The summed E-state index contributed by atoms with van der Waals surface area (Å²) < 4.78 is 12.2. The Balaban J connectivity index is 1.37. The van der Waals surface area contributed by atoms with E-state index >= 15 is 0 Å². The Kier molecular flexibility index (Phi) is 7.76. The number of fused-ring (bicyclic) bond motifs is 1. The van der Waals surface area contributed by atoms with Gasteiger partial charge in [0.05, 0.1) is 6.54 Å². The highest BCUT2D eigenvalue weighted by atomic mass is 16.7. The van der Waals surface area contributed by atoms with Gasteiger partial charge in [-0.3, -0.25) is 28.9 Å². The van der Waals surface area contributed by atoms with Crippen molar-refractivity contribution < 1.29 is 14.3 Å². The zero-order valence-electron chi connectivity index (χ0n) is 20.4. The van der Waals surface area contributed by atoms with Crippen molar-refractivity contribution in [1.29, 1.82) is 0 Å². The van der Waals surface area contributed by atoms with E-state index in [1.54, 1.807) is 6.92 Å². The second-order valence-electron chi connectivity index (χ2n) is 8.88. The van der Waals surface area contributed by atoms with Gasteiger partial charge in [-0.25, -0.2) is 4.79 Å². The SMILES string of the molecule is CCCCn1c(N)c(N(CC)C(=O)CN2CCN(Cc3ccc4c(c3)OCO4)CC2)c(=O)[nH]c1=O. The lowest BCUT2D eigenvalue weighted by molar-refractivity contribution is -0.120. The van der Waals surface area contributed by atoms with E-state index < -0.39 is 11.2 Å². The molecule has 11 heteroatoms. The number of hydrogen-bond acceptors (Lipinski definition) is 8. The Morgan fingerprint density at radius 3 is 2.51 bits per heavy atom. The fourth-order valence-corrected chi connectivity index (χ4v) is 4.52. The minimum absolute atomic E-state index is 0.0379. The number of anilines is 2. The van der Waals surface area contributed by atoms with E-state index in [2.05, 4.69) is 14.8 Å². The number of likely N-dealkylation sites (N-methyl/N-ethyl adjacent to an activating group) is 1. The Morgan fingerprint density at radius 1 is 1.09 bits per heavy atom. The van der Waals surface area contributed by atoms with Crippen LogP contribution in [0.2, 0.25) is 0 Å². The summed E-state index contributed by atoms with van der Waals surface area (Å²) in [6, 6.07) is 5.99. The lowest BCUT2D eigenvalue weighted by Crippen LogP contribution is -2.50. The molecule has 190 valence electrons. The van der Waals surface area contributed by atoms with Crippen LogP contribution in [-0.4, -0.2) is 71.3 Å². The van der Waals surface area contributed by atoms with Gasteiger partial charge < -0.3 is 20.1 Å². The summed E-state index contributed by atoms with van der Waals surface area (Å²) in [5, 5.41) is 0. The van der Waals surface area contributed by atoms with E-state index in [4.69, 9.17) is 15.2 Å². The van der Waals surface area contributed by atoms with Crippen molar-refractivity contribution in [3.63, 3.8) is 0 Å². The molecule has 0 aliphatic carbocycles. The maximum atomic E-state index is 13.2. The van der Waals surface area contributed by atoms with Crippen molar-refractivity contribution in [2.24, 2.45) is 0 Å². The van der Waals surface area contributed by atoms with Gasteiger partial charge in [-0.15, -0.1) is 0 Å². The summed E-state index contributed by atoms with van der Waals surface area (Å²) in [6.45, 7) is 8.81. The van der Waals surface area contributed by atoms with Crippen molar-refractivity contribution in [2.75, 3.05) is 56.7 Å². The third-order valence-electron chi connectivity index (χ3n) is 6.50. The molecule has 3 heterocycles. The monoisotopic (exact) mass is 486 g/mol. The van der Waals surface area contributed by atoms with E-state index in [-0.39, 0.29) is 37.3 Å². The number of benzene rings is 1. The quantitative estimate of drug-likeness (QED) is 0.534. The Hall–Kier alpha value is -3.31. The van der Waals surface area contributed by atoms with Crippen LogP contribution < -0.4 is 31.4 Å². The molecule has 3 N–H and O–H groups in total. The molecule has 1 aromatic carbocycles. The molecular formula is C24H34N6O5. The number of nitrogen functional groups attached to an aromatic ring is 1. The number of nitrogens with one attached hydrogen (secondary N) is 1. The van der Waals surface area contributed by atoms with Crippen molar-refractivity contribution in [3.05, 3.63) is 44.6 Å². The Bertz CT molecular complexity index is 1170. The largest absolute Gasteiger partial charge is 0.454 e. The lowest BCUT2D eigenvalue weighted by atomic mass is 10.1.